The molecule has 1 aliphatic rings. The second-order valence-corrected chi connectivity index (χ2v) is 5.71. The SMILES string of the molecule is CC(C)c1nn(C)cc1CNC1CCCCC1O. The summed E-state index contributed by atoms with van der Waals surface area (Å²) in [5.41, 5.74) is 2.42. The van der Waals surface area contributed by atoms with Gasteiger partial charge in [0, 0.05) is 31.4 Å². The van der Waals surface area contributed by atoms with E-state index in [1.54, 1.807) is 0 Å². The number of aromatic nitrogens is 2. The lowest BCUT2D eigenvalue weighted by molar-refractivity contribution is 0.0902. The number of rotatable bonds is 4. The van der Waals surface area contributed by atoms with Crippen molar-refractivity contribution in [1.82, 2.24) is 15.1 Å². The zero-order chi connectivity index (χ0) is 13.1. The zero-order valence-electron chi connectivity index (χ0n) is 11.7. The quantitative estimate of drug-likeness (QED) is 0.860. The second kappa shape index (κ2) is 5.85. The number of nitrogens with one attached hydrogen (secondary N) is 1. The molecule has 1 aliphatic carbocycles. The monoisotopic (exact) mass is 251 g/mol. The van der Waals surface area contributed by atoms with Crippen molar-refractivity contribution in [3.05, 3.63) is 17.5 Å². The summed E-state index contributed by atoms with van der Waals surface area (Å²) in [6, 6.07) is 0.249. The highest BCUT2D eigenvalue weighted by Gasteiger charge is 2.23. The summed E-state index contributed by atoms with van der Waals surface area (Å²) >= 11 is 0. The van der Waals surface area contributed by atoms with Gasteiger partial charge < -0.3 is 10.4 Å². The van der Waals surface area contributed by atoms with Crippen LogP contribution in [-0.4, -0.2) is 27.0 Å². The fourth-order valence-corrected chi connectivity index (χ4v) is 2.77. The van der Waals surface area contributed by atoms with E-state index in [0.717, 1.165) is 31.5 Å². The molecule has 0 radical (unpaired) electrons. The van der Waals surface area contributed by atoms with E-state index in [1.165, 1.54) is 12.0 Å². The van der Waals surface area contributed by atoms with Crippen LogP contribution in [0.5, 0.6) is 0 Å². The van der Waals surface area contributed by atoms with Crippen LogP contribution < -0.4 is 5.32 Å². The van der Waals surface area contributed by atoms with Crippen molar-refractivity contribution in [3.63, 3.8) is 0 Å². The number of aryl methyl sites for hydroxylation is 1. The minimum Gasteiger partial charge on any atom is -0.392 e. The summed E-state index contributed by atoms with van der Waals surface area (Å²) in [6.07, 6.45) is 6.29. The number of aliphatic hydroxyl groups is 1. The molecule has 4 nitrogen and oxygen atoms in total. The standard InChI is InChI=1S/C14H25N3O/c1-10(2)14-11(9-17(3)16-14)8-15-12-6-4-5-7-13(12)18/h9-10,12-13,15,18H,4-8H2,1-3H3. The first kappa shape index (κ1) is 13.6. The van der Waals surface area contributed by atoms with E-state index >= 15 is 0 Å². The molecule has 2 atom stereocenters. The molecule has 0 saturated heterocycles. The van der Waals surface area contributed by atoms with Gasteiger partial charge in [-0.25, -0.2) is 0 Å². The average molecular weight is 251 g/mol. The molecule has 4 heteroatoms. The van der Waals surface area contributed by atoms with Gasteiger partial charge in [0.15, 0.2) is 0 Å². The second-order valence-electron chi connectivity index (χ2n) is 5.71. The van der Waals surface area contributed by atoms with Gasteiger partial charge in [0.05, 0.1) is 11.8 Å². The fraction of sp³-hybridized carbons (Fsp3) is 0.786. The van der Waals surface area contributed by atoms with Gasteiger partial charge in [0.1, 0.15) is 0 Å². The molecular weight excluding hydrogens is 226 g/mol. The first-order chi connectivity index (χ1) is 8.58. The van der Waals surface area contributed by atoms with Gasteiger partial charge in [-0.3, -0.25) is 4.68 Å². The molecule has 18 heavy (non-hydrogen) atoms. The van der Waals surface area contributed by atoms with Crippen molar-refractivity contribution in [2.75, 3.05) is 0 Å². The maximum absolute atomic E-state index is 9.95. The molecule has 2 N–H and O–H groups in total. The Labute approximate surface area is 109 Å². The van der Waals surface area contributed by atoms with Crippen LogP contribution in [0.25, 0.3) is 0 Å². The predicted molar refractivity (Wildman–Crippen MR) is 72.4 cm³/mol. The Morgan fingerprint density at radius 1 is 1.44 bits per heavy atom. The van der Waals surface area contributed by atoms with Gasteiger partial charge >= 0.3 is 0 Å². The van der Waals surface area contributed by atoms with Crippen LogP contribution in [-0.2, 0) is 13.6 Å². The van der Waals surface area contributed by atoms with Crippen LogP contribution in [0, 0.1) is 0 Å². The number of nitrogens with zero attached hydrogens (tertiary/aromatic N) is 2. The highest BCUT2D eigenvalue weighted by atomic mass is 16.3. The number of hydrogen-bond acceptors (Lipinski definition) is 3. The van der Waals surface area contributed by atoms with E-state index in [4.69, 9.17) is 0 Å². The molecule has 2 rings (SSSR count). The molecule has 0 amide bonds. The van der Waals surface area contributed by atoms with Crippen molar-refractivity contribution in [2.24, 2.45) is 7.05 Å². The molecule has 0 aromatic carbocycles. The van der Waals surface area contributed by atoms with Crippen LogP contribution in [0.4, 0.5) is 0 Å². The first-order valence-corrected chi connectivity index (χ1v) is 7.01. The highest BCUT2D eigenvalue weighted by Crippen LogP contribution is 2.21. The minimum absolute atomic E-state index is 0.182. The van der Waals surface area contributed by atoms with E-state index in [9.17, 15) is 5.11 Å². The van der Waals surface area contributed by atoms with Gasteiger partial charge in [0.25, 0.3) is 0 Å². The summed E-state index contributed by atoms with van der Waals surface area (Å²) in [7, 11) is 1.96. The third kappa shape index (κ3) is 3.12. The van der Waals surface area contributed by atoms with Gasteiger partial charge in [-0.1, -0.05) is 26.7 Å². The van der Waals surface area contributed by atoms with E-state index < -0.39 is 0 Å². The highest BCUT2D eigenvalue weighted by molar-refractivity contribution is 5.20. The summed E-state index contributed by atoms with van der Waals surface area (Å²) in [5, 5.41) is 17.9. The van der Waals surface area contributed by atoms with Crippen molar-refractivity contribution in [3.8, 4) is 0 Å². The van der Waals surface area contributed by atoms with Crippen LogP contribution in [0.1, 0.15) is 56.7 Å². The van der Waals surface area contributed by atoms with Crippen LogP contribution in [0.15, 0.2) is 6.20 Å². The maximum Gasteiger partial charge on any atom is 0.0694 e. The van der Waals surface area contributed by atoms with Gasteiger partial charge in [-0.15, -0.1) is 0 Å². The van der Waals surface area contributed by atoms with Crippen molar-refractivity contribution >= 4 is 0 Å². The molecule has 0 spiro atoms. The lowest BCUT2D eigenvalue weighted by atomic mass is 9.92. The molecule has 0 aliphatic heterocycles. The molecule has 2 unspecified atom stereocenters. The smallest absolute Gasteiger partial charge is 0.0694 e. The summed E-state index contributed by atoms with van der Waals surface area (Å²) < 4.78 is 1.88. The molecule has 1 fully saturated rings. The predicted octanol–water partition coefficient (Wildman–Crippen LogP) is 1.94. The first-order valence-electron chi connectivity index (χ1n) is 7.01. The van der Waals surface area contributed by atoms with Crippen molar-refractivity contribution in [2.45, 2.75) is 64.1 Å². The molecule has 1 heterocycles. The van der Waals surface area contributed by atoms with Crippen molar-refractivity contribution < 1.29 is 5.11 Å². The third-order valence-electron chi connectivity index (χ3n) is 3.77. The lowest BCUT2D eigenvalue weighted by Gasteiger charge is -2.28. The Kier molecular flexibility index (Phi) is 4.40. The molecule has 1 aromatic rings. The lowest BCUT2D eigenvalue weighted by Crippen LogP contribution is -2.41. The maximum atomic E-state index is 9.95. The summed E-state index contributed by atoms with van der Waals surface area (Å²) in [4.78, 5) is 0. The topological polar surface area (TPSA) is 50.1 Å². The Morgan fingerprint density at radius 2 is 2.17 bits per heavy atom. The number of hydrogen-bond donors (Lipinski definition) is 2. The van der Waals surface area contributed by atoms with Crippen LogP contribution in [0.3, 0.4) is 0 Å². The number of aliphatic hydroxyl groups excluding tert-OH is 1. The molecular formula is C14H25N3O. The van der Waals surface area contributed by atoms with E-state index in [0.29, 0.717) is 5.92 Å². The summed E-state index contributed by atoms with van der Waals surface area (Å²) in [6.45, 7) is 5.14. The molecule has 1 saturated carbocycles. The summed E-state index contributed by atoms with van der Waals surface area (Å²) in [5.74, 6) is 0.444. The Hall–Kier alpha value is -0.870. The van der Waals surface area contributed by atoms with E-state index in [1.807, 2.05) is 11.7 Å². The Morgan fingerprint density at radius 3 is 2.83 bits per heavy atom. The van der Waals surface area contributed by atoms with Crippen LogP contribution in [0.2, 0.25) is 0 Å². The van der Waals surface area contributed by atoms with Gasteiger partial charge in [-0.05, 0) is 18.8 Å². The molecule has 102 valence electrons. The van der Waals surface area contributed by atoms with Gasteiger partial charge in [-0.2, -0.15) is 5.10 Å². The van der Waals surface area contributed by atoms with Crippen LogP contribution >= 0.6 is 0 Å². The minimum atomic E-state index is -0.182. The fourth-order valence-electron chi connectivity index (χ4n) is 2.77. The average Bonchev–Trinajstić information content (AvgIpc) is 2.70. The van der Waals surface area contributed by atoms with E-state index in [-0.39, 0.29) is 12.1 Å². The molecule has 0 bridgehead atoms. The van der Waals surface area contributed by atoms with E-state index in [2.05, 4.69) is 30.5 Å². The molecule has 1 aromatic heterocycles. The normalized spacial score (nSPS) is 24.7. The van der Waals surface area contributed by atoms with Gasteiger partial charge in [0.2, 0.25) is 0 Å². The third-order valence-corrected chi connectivity index (χ3v) is 3.77. The zero-order valence-corrected chi connectivity index (χ0v) is 11.7. The Balaban J connectivity index is 1.97. The van der Waals surface area contributed by atoms with Crippen molar-refractivity contribution in [1.29, 1.82) is 0 Å². The largest absolute Gasteiger partial charge is 0.392 e. The Bertz CT molecular complexity index is 386.